The molecule has 0 saturated carbocycles. The Balaban J connectivity index is 3.48. The van der Waals surface area contributed by atoms with Gasteiger partial charge in [-0.3, -0.25) is 9.63 Å². The molecule has 1 N–H and O–H groups in total. The molecule has 8 nitrogen and oxygen atoms in total. The number of rotatable bonds is 10. The van der Waals surface area contributed by atoms with E-state index in [1.165, 1.54) is 12.2 Å². The molecule has 8 heteroatoms. The van der Waals surface area contributed by atoms with Crippen molar-refractivity contribution in [3.63, 3.8) is 0 Å². The lowest BCUT2D eigenvalue weighted by Gasteiger charge is -2.17. The highest BCUT2D eigenvalue weighted by Crippen LogP contribution is 1.92. The molecule has 0 radical (unpaired) electrons. The highest BCUT2D eigenvalue weighted by atomic mass is 16.8. The van der Waals surface area contributed by atoms with Crippen LogP contribution in [-0.4, -0.2) is 63.9 Å². The van der Waals surface area contributed by atoms with Crippen LogP contribution < -0.4 is 5.32 Å². The lowest BCUT2D eigenvalue weighted by molar-refractivity contribution is -0.223. The Morgan fingerprint density at radius 1 is 1.30 bits per heavy atom. The van der Waals surface area contributed by atoms with Crippen molar-refractivity contribution in [1.82, 2.24) is 10.4 Å². The lowest BCUT2D eigenvalue weighted by Crippen LogP contribution is -2.28. The minimum atomic E-state index is -0.573. The van der Waals surface area contributed by atoms with E-state index in [0.717, 1.165) is 0 Å². The molecule has 20 heavy (non-hydrogen) atoms. The molecule has 0 aliphatic rings. The number of carbonyl (C=O) groups is 2. The number of methoxy groups -OCH3 is 1. The van der Waals surface area contributed by atoms with E-state index in [4.69, 9.17) is 14.3 Å². The lowest BCUT2D eigenvalue weighted by atomic mass is 10.4. The molecule has 0 unspecified atom stereocenters. The monoisotopic (exact) mass is 292 g/mol. The van der Waals surface area contributed by atoms with E-state index in [2.05, 4.69) is 10.1 Å². The van der Waals surface area contributed by atoms with Gasteiger partial charge in [-0.05, 0) is 13.8 Å². The maximum atomic E-state index is 11.3. The van der Waals surface area contributed by atoms with Gasteiger partial charge in [0.05, 0.1) is 26.2 Å². The topological polar surface area (TPSA) is 86.3 Å². The largest absolute Gasteiger partial charge is 0.464 e. The number of carbonyl (C=O) groups excluding carboxylic acids is 2. The molecule has 0 atom stereocenters. The molecule has 0 aromatic carbocycles. The Hall–Kier alpha value is -1.38. The number of ether oxygens (including phenoxy) is 3. The molecule has 118 valence electrons. The van der Waals surface area contributed by atoms with E-state index in [1.54, 1.807) is 7.05 Å². The number of hydrogen-bond donors (Lipinski definition) is 1. The number of nitrogens with zero attached hydrogens (tertiary/aromatic N) is 1. The zero-order chi connectivity index (χ0) is 15.4. The third-order valence-electron chi connectivity index (χ3n) is 2.13. The molecule has 1 amide bonds. The van der Waals surface area contributed by atoms with E-state index in [1.807, 2.05) is 13.8 Å². The summed E-state index contributed by atoms with van der Waals surface area (Å²) in [7, 11) is 2.98. The van der Waals surface area contributed by atoms with Crippen LogP contribution in [0, 0.1) is 0 Å². The molecule has 0 rings (SSSR count). The molecule has 0 saturated heterocycles. The third kappa shape index (κ3) is 11.7. The molecule has 0 spiro atoms. The van der Waals surface area contributed by atoms with Gasteiger partial charge in [0.1, 0.15) is 6.61 Å². The summed E-state index contributed by atoms with van der Waals surface area (Å²) in [4.78, 5) is 27.2. The molecule has 0 fully saturated rings. The van der Waals surface area contributed by atoms with Gasteiger partial charge in [0.2, 0.25) is 0 Å². The maximum absolute atomic E-state index is 11.3. The molecule has 0 aromatic heterocycles. The van der Waals surface area contributed by atoms with Crippen LogP contribution in [0.4, 0.5) is 4.79 Å². The predicted octanol–water partition coefficient (Wildman–Crippen LogP) is 0.522. The molecule has 0 aromatic rings. The third-order valence-corrected chi connectivity index (χ3v) is 2.13. The summed E-state index contributed by atoms with van der Waals surface area (Å²) >= 11 is 0. The van der Waals surface area contributed by atoms with Crippen molar-refractivity contribution in [1.29, 1.82) is 0 Å². The first kappa shape index (κ1) is 18.6. The van der Waals surface area contributed by atoms with Crippen molar-refractivity contribution in [2.24, 2.45) is 0 Å². The maximum Gasteiger partial charge on any atom is 0.406 e. The predicted molar refractivity (Wildman–Crippen MR) is 70.8 cm³/mol. The van der Waals surface area contributed by atoms with Crippen molar-refractivity contribution in [2.75, 3.05) is 40.6 Å². The molecule has 0 aliphatic carbocycles. The van der Waals surface area contributed by atoms with E-state index in [-0.39, 0.29) is 32.5 Å². The number of esters is 1. The second-order valence-corrected chi connectivity index (χ2v) is 4.20. The van der Waals surface area contributed by atoms with Gasteiger partial charge < -0.3 is 19.5 Å². The van der Waals surface area contributed by atoms with Crippen molar-refractivity contribution in [3.05, 3.63) is 0 Å². The average molecular weight is 292 g/mol. The van der Waals surface area contributed by atoms with E-state index in [9.17, 15) is 9.59 Å². The number of alkyl carbamates (subject to hydrolysis) is 1. The number of hydroxylamine groups is 2. The van der Waals surface area contributed by atoms with Crippen LogP contribution in [0.25, 0.3) is 0 Å². The van der Waals surface area contributed by atoms with Crippen LogP contribution in [0.15, 0.2) is 0 Å². The van der Waals surface area contributed by atoms with Crippen molar-refractivity contribution < 1.29 is 28.6 Å². The van der Waals surface area contributed by atoms with Gasteiger partial charge in [-0.15, -0.1) is 0 Å². The van der Waals surface area contributed by atoms with Crippen molar-refractivity contribution >= 4 is 12.1 Å². The first-order valence-corrected chi connectivity index (χ1v) is 6.38. The highest BCUT2D eigenvalue weighted by molar-refractivity contribution is 5.71. The van der Waals surface area contributed by atoms with E-state index >= 15 is 0 Å². The van der Waals surface area contributed by atoms with Crippen LogP contribution in [0.2, 0.25) is 0 Å². The zero-order valence-corrected chi connectivity index (χ0v) is 12.5. The van der Waals surface area contributed by atoms with Crippen molar-refractivity contribution in [2.45, 2.75) is 26.4 Å². The first-order chi connectivity index (χ1) is 9.45. The molecular formula is C12H24N2O6. The van der Waals surface area contributed by atoms with Gasteiger partial charge in [0.25, 0.3) is 0 Å². The fourth-order valence-corrected chi connectivity index (χ4v) is 1.02. The van der Waals surface area contributed by atoms with E-state index in [0.29, 0.717) is 6.54 Å². The minimum absolute atomic E-state index is 0.0934. The Morgan fingerprint density at radius 3 is 2.60 bits per heavy atom. The first-order valence-electron chi connectivity index (χ1n) is 6.38. The van der Waals surface area contributed by atoms with Gasteiger partial charge in [-0.1, -0.05) is 0 Å². The van der Waals surface area contributed by atoms with Crippen LogP contribution in [0.1, 0.15) is 20.3 Å². The van der Waals surface area contributed by atoms with Gasteiger partial charge in [0.15, 0.2) is 6.79 Å². The molecule has 0 bridgehead atoms. The van der Waals surface area contributed by atoms with Gasteiger partial charge in [-0.2, -0.15) is 5.06 Å². The van der Waals surface area contributed by atoms with Gasteiger partial charge in [0, 0.05) is 13.6 Å². The fraction of sp³-hybridized carbons (Fsp3) is 0.833. The summed E-state index contributed by atoms with van der Waals surface area (Å²) in [5.74, 6) is -0.395. The summed E-state index contributed by atoms with van der Waals surface area (Å²) in [6, 6.07) is 0. The number of hydrogen-bond acceptors (Lipinski definition) is 7. The van der Waals surface area contributed by atoms with Crippen LogP contribution >= 0.6 is 0 Å². The van der Waals surface area contributed by atoms with Crippen LogP contribution in [0.5, 0.6) is 0 Å². The van der Waals surface area contributed by atoms with Crippen molar-refractivity contribution in [3.8, 4) is 0 Å². The summed E-state index contributed by atoms with van der Waals surface area (Å²) in [6.45, 7) is 4.79. The SMILES string of the molecule is COC(=O)NCCC(=O)OCCN(C)OCOC(C)C. The molecule has 0 aliphatic heterocycles. The number of nitrogens with one attached hydrogen (secondary N) is 1. The molecular weight excluding hydrogens is 268 g/mol. The standard InChI is InChI=1S/C12H24N2O6/c1-10(2)19-9-20-14(3)7-8-18-11(15)5-6-13-12(16)17-4/h10H,5-9H2,1-4H3,(H,13,16). The van der Waals surface area contributed by atoms with Crippen LogP contribution in [0.3, 0.4) is 0 Å². The Kier molecular flexibility index (Phi) is 10.7. The average Bonchev–Trinajstić information content (AvgIpc) is 2.38. The summed E-state index contributed by atoms with van der Waals surface area (Å²) in [5, 5.41) is 3.92. The zero-order valence-electron chi connectivity index (χ0n) is 12.5. The highest BCUT2D eigenvalue weighted by Gasteiger charge is 2.06. The summed E-state index contributed by atoms with van der Waals surface area (Å²) < 4.78 is 14.5. The summed E-state index contributed by atoms with van der Waals surface area (Å²) in [6.07, 6.45) is -0.379. The Labute approximate surface area is 119 Å². The second kappa shape index (κ2) is 11.4. The minimum Gasteiger partial charge on any atom is -0.464 e. The number of amides is 1. The summed E-state index contributed by atoms with van der Waals surface area (Å²) in [5.41, 5.74) is 0. The van der Waals surface area contributed by atoms with E-state index < -0.39 is 12.1 Å². The van der Waals surface area contributed by atoms with Gasteiger partial charge in [-0.25, -0.2) is 4.79 Å². The quantitative estimate of drug-likeness (QED) is 0.357. The Morgan fingerprint density at radius 2 is 2.00 bits per heavy atom. The molecule has 0 heterocycles. The second-order valence-electron chi connectivity index (χ2n) is 4.20. The Bertz CT molecular complexity index is 285. The number of likely N-dealkylation sites (N-methyl/N-ethyl adjacent to an activating group) is 1. The fourth-order valence-electron chi connectivity index (χ4n) is 1.02. The van der Waals surface area contributed by atoms with Gasteiger partial charge >= 0.3 is 12.1 Å². The normalized spacial score (nSPS) is 10.7. The van der Waals surface area contributed by atoms with Crippen LogP contribution in [-0.2, 0) is 23.8 Å². The smallest absolute Gasteiger partial charge is 0.406 e.